The lowest BCUT2D eigenvalue weighted by Gasteiger charge is -2.24. The number of nitrogens with one attached hydrogen (secondary N) is 1. The van der Waals surface area contributed by atoms with Crippen LogP contribution < -0.4 is 9.46 Å². The van der Waals surface area contributed by atoms with Crippen molar-refractivity contribution in [3.8, 4) is 17.4 Å². The van der Waals surface area contributed by atoms with Crippen LogP contribution >= 0.6 is 11.6 Å². The highest BCUT2D eigenvalue weighted by Gasteiger charge is 2.35. The lowest BCUT2D eigenvalue weighted by atomic mass is 10.2. The molecule has 0 fully saturated rings. The zero-order valence-electron chi connectivity index (χ0n) is 20.5. The first-order valence-electron chi connectivity index (χ1n) is 10.7. The molecule has 0 aromatic carbocycles. The molecule has 36 heavy (non-hydrogen) atoms. The summed E-state index contributed by atoms with van der Waals surface area (Å²) in [5.41, 5.74) is 0.418. The molecule has 3 rings (SSSR count). The van der Waals surface area contributed by atoms with Crippen LogP contribution in [0, 0.1) is 0 Å². The van der Waals surface area contributed by atoms with Crippen LogP contribution in [0.4, 0.5) is 5.95 Å². The Morgan fingerprint density at radius 3 is 2.31 bits per heavy atom. The van der Waals surface area contributed by atoms with E-state index < -0.39 is 27.4 Å². The van der Waals surface area contributed by atoms with Gasteiger partial charge in [0.1, 0.15) is 17.0 Å². The topological polar surface area (TPSA) is 152 Å². The van der Waals surface area contributed by atoms with Crippen LogP contribution in [0.3, 0.4) is 0 Å². The van der Waals surface area contributed by atoms with E-state index in [-0.39, 0.29) is 25.0 Å². The van der Waals surface area contributed by atoms with Gasteiger partial charge in [0, 0.05) is 39.8 Å². The Labute approximate surface area is 214 Å². The molecule has 0 spiro atoms. The number of sulfonamides is 1. The number of nitrogens with zero attached hydrogens (tertiary/aromatic N) is 6. The van der Waals surface area contributed by atoms with Gasteiger partial charge in [-0.15, -0.1) is 10.2 Å². The predicted molar refractivity (Wildman–Crippen MR) is 131 cm³/mol. The Morgan fingerprint density at radius 2 is 1.72 bits per heavy atom. The van der Waals surface area contributed by atoms with Gasteiger partial charge in [-0.1, -0.05) is 17.7 Å². The minimum atomic E-state index is -4.09. The maximum atomic E-state index is 13.4. The molecule has 0 radical (unpaired) electrons. The lowest BCUT2D eigenvalue weighted by molar-refractivity contribution is 0.0907. The molecule has 0 saturated carbocycles. The predicted octanol–water partition coefficient (Wildman–Crippen LogP) is 2.14. The number of rotatable bonds is 13. The standard InChI is InChI=1S/C21H28ClN7O6S/c1-13(18(35-5)19-23-9-14(22)10-24-19)36(30,31)28-21-27-26-20(16-7-6-8-17(25-16)34-4)29(21)15(11-32-2)12-33-3/h6-10,13,15,18H,11-12H2,1-5H3,(H,27,28). The molecule has 196 valence electrons. The number of aromatic nitrogens is 6. The van der Waals surface area contributed by atoms with E-state index in [1.54, 1.807) is 22.8 Å². The molecular formula is C21H28ClN7O6S. The Bertz CT molecular complexity index is 1240. The minimum Gasteiger partial charge on any atom is -0.481 e. The van der Waals surface area contributed by atoms with Gasteiger partial charge >= 0.3 is 0 Å². The minimum absolute atomic E-state index is 0.0487. The van der Waals surface area contributed by atoms with E-state index in [0.717, 1.165) is 0 Å². The number of anilines is 1. The van der Waals surface area contributed by atoms with Crippen LogP contribution in [-0.4, -0.2) is 85.0 Å². The molecule has 3 aromatic heterocycles. The van der Waals surface area contributed by atoms with Crippen molar-refractivity contribution in [2.75, 3.05) is 46.4 Å². The highest BCUT2D eigenvalue weighted by atomic mass is 35.5. The van der Waals surface area contributed by atoms with E-state index in [4.69, 9.17) is 30.5 Å². The second-order valence-electron chi connectivity index (χ2n) is 7.61. The Balaban J connectivity index is 2.03. The molecule has 0 aliphatic rings. The second-order valence-corrected chi connectivity index (χ2v) is 10.1. The van der Waals surface area contributed by atoms with Crippen molar-refractivity contribution in [3.05, 3.63) is 41.4 Å². The third-order valence-electron chi connectivity index (χ3n) is 5.24. The van der Waals surface area contributed by atoms with Crippen molar-refractivity contribution in [2.24, 2.45) is 0 Å². The molecule has 2 atom stereocenters. The number of halogens is 1. The molecular weight excluding hydrogens is 514 g/mol. The normalized spacial score (nSPS) is 13.5. The molecule has 1 N–H and O–H groups in total. The van der Waals surface area contributed by atoms with Crippen LogP contribution in [0.15, 0.2) is 30.6 Å². The SMILES string of the molecule is COCC(COC)n1c(NS(=O)(=O)C(C)C(OC)c2ncc(Cl)cn2)nnc1-c1cccc(OC)n1. The average molecular weight is 542 g/mol. The first kappa shape index (κ1) is 27.7. The summed E-state index contributed by atoms with van der Waals surface area (Å²) in [5, 5.41) is 7.52. The summed E-state index contributed by atoms with van der Waals surface area (Å²) < 4.78 is 52.3. The van der Waals surface area contributed by atoms with Crippen LogP contribution in [0.5, 0.6) is 5.88 Å². The number of methoxy groups -OCH3 is 4. The molecule has 3 aromatic rings. The number of ether oxygens (including phenoxy) is 4. The number of hydrogen-bond donors (Lipinski definition) is 1. The molecule has 13 nitrogen and oxygen atoms in total. The molecule has 3 heterocycles. The Kier molecular flexibility index (Phi) is 9.50. The summed E-state index contributed by atoms with van der Waals surface area (Å²) in [6.07, 6.45) is 1.75. The van der Waals surface area contributed by atoms with Crippen molar-refractivity contribution < 1.29 is 27.4 Å². The first-order valence-corrected chi connectivity index (χ1v) is 12.6. The van der Waals surface area contributed by atoms with Crippen molar-refractivity contribution in [2.45, 2.75) is 24.3 Å². The van der Waals surface area contributed by atoms with E-state index in [1.165, 1.54) is 47.8 Å². The molecule has 2 unspecified atom stereocenters. The van der Waals surface area contributed by atoms with E-state index >= 15 is 0 Å². The van der Waals surface area contributed by atoms with Gasteiger partial charge in [0.15, 0.2) is 11.6 Å². The average Bonchev–Trinajstić information content (AvgIpc) is 3.28. The van der Waals surface area contributed by atoms with E-state index in [0.29, 0.717) is 22.4 Å². The third kappa shape index (κ3) is 6.25. The van der Waals surface area contributed by atoms with Gasteiger partial charge in [-0.25, -0.2) is 23.4 Å². The highest BCUT2D eigenvalue weighted by Crippen LogP contribution is 2.29. The fourth-order valence-electron chi connectivity index (χ4n) is 3.48. The molecule has 0 amide bonds. The quantitative estimate of drug-likeness (QED) is 0.338. The van der Waals surface area contributed by atoms with Crippen molar-refractivity contribution in [1.82, 2.24) is 29.7 Å². The van der Waals surface area contributed by atoms with Gasteiger partial charge in [-0.05, 0) is 13.0 Å². The summed E-state index contributed by atoms with van der Waals surface area (Å²) in [7, 11) is 1.83. The molecule has 0 aliphatic heterocycles. The van der Waals surface area contributed by atoms with Crippen LogP contribution in [0.2, 0.25) is 5.02 Å². The van der Waals surface area contributed by atoms with E-state index in [1.807, 2.05) is 0 Å². The van der Waals surface area contributed by atoms with Crippen molar-refractivity contribution in [1.29, 1.82) is 0 Å². The molecule has 0 aliphatic carbocycles. The maximum absolute atomic E-state index is 13.4. The van der Waals surface area contributed by atoms with Crippen LogP contribution in [0.25, 0.3) is 11.5 Å². The second kappa shape index (κ2) is 12.4. The summed E-state index contributed by atoms with van der Waals surface area (Å²) in [6, 6.07) is 4.65. The highest BCUT2D eigenvalue weighted by molar-refractivity contribution is 7.93. The first-order chi connectivity index (χ1) is 17.2. The monoisotopic (exact) mass is 541 g/mol. The zero-order chi connectivity index (χ0) is 26.3. The number of hydrogen-bond acceptors (Lipinski definition) is 11. The Morgan fingerprint density at radius 1 is 1.06 bits per heavy atom. The largest absolute Gasteiger partial charge is 0.481 e. The lowest BCUT2D eigenvalue weighted by Crippen LogP contribution is -2.34. The van der Waals surface area contributed by atoms with Gasteiger partial charge in [0.2, 0.25) is 21.9 Å². The summed E-state index contributed by atoms with van der Waals surface area (Å²) in [5.74, 6) is 0.771. The van der Waals surface area contributed by atoms with Crippen molar-refractivity contribution >= 4 is 27.6 Å². The van der Waals surface area contributed by atoms with Crippen LogP contribution in [0.1, 0.15) is 24.9 Å². The fourth-order valence-corrected chi connectivity index (χ4v) is 4.71. The smallest absolute Gasteiger partial charge is 0.240 e. The van der Waals surface area contributed by atoms with Gasteiger partial charge < -0.3 is 18.9 Å². The zero-order valence-corrected chi connectivity index (χ0v) is 22.0. The van der Waals surface area contributed by atoms with E-state index in [9.17, 15) is 8.42 Å². The van der Waals surface area contributed by atoms with Crippen molar-refractivity contribution in [3.63, 3.8) is 0 Å². The molecule has 0 saturated heterocycles. The summed E-state index contributed by atoms with van der Waals surface area (Å²) in [6.45, 7) is 1.85. The maximum Gasteiger partial charge on any atom is 0.240 e. The summed E-state index contributed by atoms with van der Waals surface area (Å²) >= 11 is 5.86. The molecule has 0 bridgehead atoms. The van der Waals surface area contributed by atoms with Gasteiger partial charge in [0.05, 0.1) is 31.4 Å². The fraction of sp³-hybridized carbons (Fsp3) is 0.476. The van der Waals surface area contributed by atoms with Crippen LogP contribution in [-0.2, 0) is 24.2 Å². The van der Waals surface area contributed by atoms with Gasteiger partial charge in [-0.2, -0.15) is 0 Å². The van der Waals surface area contributed by atoms with Gasteiger partial charge in [0.25, 0.3) is 0 Å². The Hall–Kier alpha value is -2.91. The van der Waals surface area contributed by atoms with E-state index in [2.05, 4.69) is 29.9 Å². The molecule has 15 heteroatoms. The summed E-state index contributed by atoms with van der Waals surface area (Å²) in [4.78, 5) is 12.6. The van der Waals surface area contributed by atoms with Gasteiger partial charge in [-0.3, -0.25) is 9.29 Å². The number of pyridine rings is 1. The third-order valence-corrected chi connectivity index (χ3v) is 7.13.